The quantitative estimate of drug-likeness (QED) is 0.534. The predicted octanol–water partition coefficient (Wildman–Crippen LogP) is 0.889. The number of rotatable bonds is 2. The van der Waals surface area contributed by atoms with Crippen LogP contribution in [0.1, 0.15) is 12.5 Å². The Morgan fingerprint density at radius 3 is 3.00 bits per heavy atom. The van der Waals surface area contributed by atoms with Gasteiger partial charge >= 0.3 is 0 Å². The zero-order valence-corrected chi connectivity index (χ0v) is 5.29. The summed E-state index contributed by atoms with van der Waals surface area (Å²) in [4.78, 5) is 10.1. The minimum absolute atomic E-state index is 0.735. The van der Waals surface area contributed by atoms with Gasteiger partial charge in [0.2, 0.25) is 6.41 Å². The van der Waals surface area contributed by atoms with E-state index in [2.05, 4.69) is 6.20 Å². The molecule has 0 spiro atoms. The van der Waals surface area contributed by atoms with E-state index in [0.29, 0.717) is 0 Å². The van der Waals surface area contributed by atoms with Crippen molar-refractivity contribution in [3.05, 3.63) is 24.0 Å². The summed E-state index contributed by atoms with van der Waals surface area (Å²) in [5.74, 6) is 0. The maximum Gasteiger partial charge on any atom is 0.218 e. The fraction of sp³-hybridized carbons (Fsp3) is 0.286. The van der Waals surface area contributed by atoms with E-state index in [1.54, 1.807) is 6.20 Å². The van der Waals surface area contributed by atoms with Crippen LogP contribution in [0.5, 0.6) is 0 Å². The topological polar surface area (TPSA) is 22.0 Å². The average molecular weight is 122 g/mol. The minimum Gasteiger partial charge on any atom is -0.288 e. The molecule has 2 nitrogen and oxygen atoms in total. The third kappa shape index (κ3) is 1.19. The predicted molar refractivity (Wildman–Crippen MR) is 34.8 cm³/mol. The zero-order valence-electron chi connectivity index (χ0n) is 5.29. The molecule has 0 aliphatic rings. The van der Waals surface area contributed by atoms with Crippen LogP contribution < -0.4 is 0 Å². The largest absolute Gasteiger partial charge is 0.288 e. The van der Waals surface area contributed by atoms with E-state index >= 15 is 0 Å². The number of aromatic nitrogens is 1. The zero-order chi connectivity index (χ0) is 6.69. The lowest BCUT2D eigenvalue weighted by atomic mass is 10.3. The molecule has 0 aliphatic carbocycles. The lowest BCUT2D eigenvalue weighted by Gasteiger charge is -1.82. The van der Waals surface area contributed by atoms with Crippen LogP contribution in [0, 0.1) is 6.20 Å². The Balaban J connectivity index is 2.86. The molecule has 1 heterocycles. The Kier molecular flexibility index (Phi) is 1.68. The number of hydrogen-bond acceptors (Lipinski definition) is 1. The normalized spacial score (nSPS) is 9.44. The number of nitrogens with zero attached hydrogens (tertiary/aromatic N) is 1. The van der Waals surface area contributed by atoms with Crippen molar-refractivity contribution in [2.45, 2.75) is 13.3 Å². The molecular weight excluding hydrogens is 114 g/mol. The minimum atomic E-state index is 0.735. The Labute approximate surface area is 54.1 Å². The fourth-order valence-corrected chi connectivity index (χ4v) is 0.669. The lowest BCUT2D eigenvalue weighted by molar-refractivity contribution is 0.547. The molecule has 0 unspecified atom stereocenters. The van der Waals surface area contributed by atoms with Crippen molar-refractivity contribution in [3.8, 4) is 0 Å². The van der Waals surface area contributed by atoms with Crippen LogP contribution in [-0.4, -0.2) is 11.0 Å². The highest BCUT2D eigenvalue weighted by Gasteiger charge is 1.90. The van der Waals surface area contributed by atoms with Crippen molar-refractivity contribution in [1.29, 1.82) is 0 Å². The highest BCUT2D eigenvalue weighted by atomic mass is 16.1. The average Bonchev–Trinajstić information content (AvgIpc) is 2.34. The molecule has 0 saturated carbocycles. The van der Waals surface area contributed by atoms with Crippen LogP contribution in [0.2, 0.25) is 0 Å². The molecule has 0 atom stereocenters. The van der Waals surface area contributed by atoms with Crippen LogP contribution in [0.25, 0.3) is 0 Å². The van der Waals surface area contributed by atoms with Gasteiger partial charge in [0.25, 0.3) is 0 Å². The third-order valence-corrected chi connectivity index (χ3v) is 1.20. The molecule has 2 heteroatoms. The first kappa shape index (κ1) is 6.08. The molecule has 0 fully saturated rings. The summed E-state index contributed by atoms with van der Waals surface area (Å²) in [5.41, 5.74) is 1.07. The van der Waals surface area contributed by atoms with Gasteiger partial charge in [-0.1, -0.05) is 6.92 Å². The van der Waals surface area contributed by atoms with Crippen molar-refractivity contribution in [2.75, 3.05) is 0 Å². The van der Waals surface area contributed by atoms with Crippen molar-refractivity contribution in [1.82, 2.24) is 4.57 Å². The van der Waals surface area contributed by atoms with E-state index in [9.17, 15) is 4.79 Å². The first-order valence-electron chi connectivity index (χ1n) is 2.91. The molecule has 1 aromatic heterocycles. The van der Waals surface area contributed by atoms with Gasteiger partial charge in [0, 0.05) is 6.20 Å². The van der Waals surface area contributed by atoms with Gasteiger partial charge in [0.15, 0.2) is 0 Å². The maximum absolute atomic E-state index is 10.1. The van der Waals surface area contributed by atoms with Crippen molar-refractivity contribution < 1.29 is 4.79 Å². The smallest absolute Gasteiger partial charge is 0.218 e. The monoisotopic (exact) mass is 122 g/mol. The van der Waals surface area contributed by atoms with E-state index in [4.69, 9.17) is 0 Å². The summed E-state index contributed by atoms with van der Waals surface area (Å²) in [6, 6.07) is 1.88. The van der Waals surface area contributed by atoms with Crippen LogP contribution in [0.15, 0.2) is 12.3 Å². The highest BCUT2D eigenvalue weighted by molar-refractivity contribution is 5.52. The SMILES string of the molecule is CCc1[c]n(C=O)cc1. The molecule has 0 N–H and O–H groups in total. The first-order chi connectivity index (χ1) is 4.36. The number of carbonyl (C=O) groups is 1. The molecule has 1 aromatic rings. The number of aryl methyl sites for hydroxylation is 1. The van der Waals surface area contributed by atoms with Crippen LogP contribution in [-0.2, 0) is 11.2 Å². The molecule has 0 amide bonds. The summed E-state index contributed by atoms with van der Waals surface area (Å²) in [6.45, 7) is 2.03. The Morgan fingerprint density at radius 1 is 1.89 bits per heavy atom. The summed E-state index contributed by atoms with van der Waals surface area (Å²) >= 11 is 0. The number of hydrogen-bond donors (Lipinski definition) is 0. The van der Waals surface area contributed by atoms with E-state index in [1.807, 2.05) is 13.0 Å². The summed E-state index contributed by atoms with van der Waals surface area (Å²) in [5, 5.41) is 0. The molecule has 47 valence electrons. The second-order valence-electron chi connectivity index (χ2n) is 1.82. The van der Waals surface area contributed by atoms with Crippen molar-refractivity contribution in [3.63, 3.8) is 0 Å². The lowest BCUT2D eigenvalue weighted by Crippen LogP contribution is -1.88. The maximum atomic E-state index is 10.1. The van der Waals surface area contributed by atoms with Gasteiger partial charge in [-0.2, -0.15) is 0 Å². The molecule has 0 aliphatic heterocycles. The Hall–Kier alpha value is -1.05. The second-order valence-corrected chi connectivity index (χ2v) is 1.82. The summed E-state index contributed by atoms with van der Waals surface area (Å²) in [6.07, 6.45) is 6.23. The van der Waals surface area contributed by atoms with Crippen LogP contribution in [0.3, 0.4) is 0 Å². The van der Waals surface area contributed by atoms with E-state index in [0.717, 1.165) is 18.4 Å². The molecule has 1 radical (unpaired) electrons. The molecule has 0 bridgehead atoms. The van der Waals surface area contributed by atoms with Gasteiger partial charge in [0.05, 0.1) is 6.20 Å². The Morgan fingerprint density at radius 2 is 2.67 bits per heavy atom. The summed E-state index contributed by atoms with van der Waals surface area (Å²) in [7, 11) is 0. The van der Waals surface area contributed by atoms with Crippen LogP contribution in [0.4, 0.5) is 0 Å². The molecule has 9 heavy (non-hydrogen) atoms. The molecule has 0 aromatic carbocycles. The third-order valence-electron chi connectivity index (χ3n) is 1.20. The van der Waals surface area contributed by atoms with Gasteiger partial charge < -0.3 is 0 Å². The van der Waals surface area contributed by atoms with E-state index in [1.165, 1.54) is 4.57 Å². The highest BCUT2D eigenvalue weighted by Crippen LogP contribution is 1.97. The van der Waals surface area contributed by atoms with Crippen molar-refractivity contribution in [2.24, 2.45) is 0 Å². The molecular formula is C7H8NO. The van der Waals surface area contributed by atoms with Crippen molar-refractivity contribution >= 4 is 6.41 Å². The van der Waals surface area contributed by atoms with Gasteiger partial charge in [-0.25, -0.2) is 0 Å². The van der Waals surface area contributed by atoms with E-state index < -0.39 is 0 Å². The molecule has 1 rings (SSSR count). The molecule has 0 saturated heterocycles. The number of carbonyl (C=O) groups excluding carboxylic acids is 1. The second kappa shape index (κ2) is 2.49. The standard InChI is InChI=1S/C7H8NO/c1-2-7-3-4-8(5-7)6-9/h3-4,6H,2H2,1H3. The fourth-order valence-electron chi connectivity index (χ4n) is 0.669. The van der Waals surface area contributed by atoms with Crippen LogP contribution >= 0.6 is 0 Å². The Bertz CT molecular complexity index is 202. The first-order valence-corrected chi connectivity index (χ1v) is 2.91. The van der Waals surface area contributed by atoms with Gasteiger partial charge in [-0.15, -0.1) is 0 Å². The summed E-state index contributed by atoms with van der Waals surface area (Å²) < 4.78 is 1.39. The van der Waals surface area contributed by atoms with Gasteiger partial charge in [-0.05, 0) is 18.1 Å². The van der Waals surface area contributed by atoms with Gasteiger partial charge in [-0.3, -0.25) is 9.36 Å². The van der Waals surface area contributed by atoms with Gasteiger partial charge in [0.1, 0.15) is 0 Å². The van der Waals surface area contributed by atoms with E-state index in [-0.39, 0.29) is 0 Å².